The van der Waals surface area contributed by atoms with Gasteiger partial charge in [0, 0.05) is 31.3 Å². The highest BCUT2D eigenvalue weighted by atomic mass is 19.1. The fraction of sp³-hybridized carbons (Fsp3) is 0.208. The molecule has 0 radical (unpaired) electrons. The Morgan fingerprint density at radius 2 is 1.79 bits per heavy atom. The van der Waals surface area contributed by atoms with Crippen LogP contribution < -0.4 is 5.32 Å². The van der Waals surface area contributed by atoms with E-state index in [1.165, 1.54) is 12.1 Å². The Morgan fingerprint density at radius 3 is 2.58 bits per heavy atom. The summed E-state index contributed by atoms with van der Waals surface area (Å²) in [5.41, 5.74) is 2.42. The van der Waals surface area contributed by atoms with Crippen LogP contribution in [0.3, 0.4) is 0 Å². The smallest absolute Gasteiger partial charge is 0.259 e. The lowest BCUT2D eigenvalue weighted by molar-refractivity contribution is 0.0337. The number of carbonyl (C=O) groups is 1. The van der Waals surface area contributed by atoms with Crippen LogP contribution in [0.4, 0.5) is 14.6 Å². The first-order chi connectivity index (χ1) is 16.0. The minimum Gasteiger partial charge on any atom is -0.379 e. The van der Waals surface area contributed by atoms with Crippen molar-refractivity contribution < 1.29 is 18.3 Å². The first kappa shape index (κ1) is 21.2. The van der Waals surface area contributed by atoms with E-state index in [0.717, 1.165) is 24.8 Å². The van der Waals surface area contributed by atoms with Crippen LogP contribution in [0.5, 0.6) is 0 Å². The number of para-hydroxylation sites is 1. The van der Waals surface area contributed by atoms with Crippen LogP contribution in [-0.2, 0) is 11.3 Å². The van der Waals surface area contributed by atoms with Crippen molar-refractivity contribution in [1.82, 2.24) is 19.9 Å². The van der Waals surface area contributed by atoms with E-state index < -0.39 is 11.6 Å². The Morgan fingerprint density at radius 1 is 1.03 bits per heavy atom. The first-order valence-electron chi connectivity index (χ1n) is 10.6. The summed E-state index contributed by atoms with van der Waals surface area (Å²) in [6, 6.07) is 13.8. The summed E-state index contributed by atoms with van der Waals surface area (Å²) in [7, 11) is 0. The molecule has 33 heavy (non-hydrogen) atoms. The number of hydrogen-bond donors (Lipinski definition) is 2. The van der Waals surface area contributed by atoms with E-state index in [9.17, 15) is 13.6 Å². The fourth-order valence-electron chi connectivity index (χ4n) is 3.85. The number of H-pyrrole nitrogens is 1. The topological polar surface area (TPSA) is 83.1 Å². The number of pyridine rings is 1. The summed E-state index contributed by atoms with van der Waals surface area (Å²) < 4.78 is 32.7. The summed E-state index contributed by atoms with van der Waals surface area (Å²) in [5, 5.41) is 2.83. The van der Waals surface area contributed by atoms with Crippen molar-refractivity contribution in [2.75, 3.05) is 31.6 Å². The molecular weight excluding hydrogens is 428 g/mol. The molecule has 1 aliphatic rings. The molecule has 2 aromatic heterocycles. The second kappa shape index (κ2) is 9.05. The zero-order valence-electron chi connectivity index (χ0n) is 17.6. The lowest BCUT2D eigenvalue weighted by Gasteiger charge is -2.26. The van der Waals surface area contributed by atoms with E-state index in [-0.39, 0.29) is 17.3 Å². The molecule has 1 amide bonds. The summed E-state index contributed by atoms with van der Waals surface area (Å²) >= 11 is 0. The van der Waals surface area contributed by atoms with Crippen LogP contribution in [0, 0.1) is 11.6 Å². The van der Waals surface area contributed by atoms with Crippen molar-refractivity contribution in [3.05, 3.63) is 77.5 Å². The van der Waals surface area contributed by atoms with Gasteiger partial charge < -0.3 is 15.0 Å². The predicted octanol–water partition coefficient (Wildman–Crippen LogP) is 3.99. The van der Waals surface area contributed by atoms with Crippen molar-refractivity contribution in [3.8, 4) is 11.4 Å². The number of ether oxygens (including phenoxy) is 1. The SMILES string of the molecule is O=C(Nc1cccc(CN2CCOCC2)n1)c1cccc2[nH]c(-c3cc(F)cc(F)c3)nc12. The van der Waals surface area contributed by atoms with E-state index in [2.05, 4.69) is 25.2 Å². The molecule has 2 N–H and O–H groups in total. The third-order valence-corrected chi connectivity index (χ3v) is 5.43. The average Bonchev–Trinajstić information content (AvgIpc) is 3.24. The van der Waals surface area contributed by atoms with E-state index in [0.29, 0.717) is 42.2 Å². The monoisotopic (exact) mass is 449 g/mol. The normalized spacial score (nSPS) is 14.5. The molecular formula is C24H21F2N5O2. The Labute approximate surface area is 188 Å². The summed E-state index contributed by atoms with van der Waals surface area (Å²) in [6.07, 6.45) is 0. The van der Waals surface area contributed by atoms with E-state index in [1.54, 1.807) is 24.3 Å². The zero-order valence-corrected chi connectivity index (χ0v) is 17.6. The van der Waals surface area contributed by atoms with Gasteiger partial charge in [-0.15, -0.1) is 0 Å². The Bertz CT molecular complexity index is 1300. The number of aromatic amines is 1. The molecule has 0 spiro atoms. The van der Waals surface area contributed by atoms with Gasteiger partial charge in [-0.3, -0.25) is 9.69 Å². The van der Waals surface area contributed by atoms with Crippen LogP contribution >= 0.6 is 0 Å². The molecule has 0 saturated carbocycles. The van der Waals surface area contributed by atoms with Crippen molar-refractivity contribution in [3.63, 3.8) is 0 Å². The molecule has 5 rings (SSSR count). The van der Waals surface area contributed by atoms with Gasteiger partial charge >= 0.3 is 0 Å². The van der Waals surface area contributed by atoms with Crippen molar-refractivity contribution in [1.29, 1.82) is 0 Å². The molecule has 168 valence electrons. The first-order valence-corrected chi connectivity index (χ1v) is 10.6. The van der Waals surface area contributed by atoms with Crippen LogP contribution in [-0.4, -0.2) is 52.1 Å². The number of anilines is 1. The van der Waals surface area contributed by atoms with Gasteiger partial charge in [-0.2, -0.15) is 0 Å². The van der Waals surface area contributed by atoms with Gasteiger partial charge in [0.2, 0.25) is 0 Å². The number of imidazole rings is 1. The van der Waals surface area contributed by atoms with E-state index in [1.807, 2.05) is 12.1 Å². The quantitative estimate of drug-likeness (QED) is 0.482. The highest BCUT2D eigenvalue weighted by Gasteiger charge is 2.17. The second-order valence-electron chi connectivity index (χ2n) is 7.80. The molecule has 1 fully saturated rings. The number of halogens is 2. The third kappa shape index (κ3) is 4.74. The van der Waals surface area contributed by atoms with Crippen LogP contribution in [0.1, 0.15) is 16.1 Å². The number of benzene rings is 2. The van der Waals surface area contributed by atoms with Gasteiger partial charge in [-0.25, -0.2) is 18.7 Å². The van der Waals surface area contributed by atoms with Gasteiger partial charge in [0.05, 0.1) is 30.0 Å². The summed E-state index contributed by atoms with van der Waals surface area (Å²) in [5.74, 6) is -1.07. The number of fused-ring (bicyclic) bond motifs is 1. The summed E-state index contributed by atoms with van der Waals surface area (Å²) in [4.78, 5) is 27.3. The molecule has 0 aliphatic carbocycles. The molecule has 7 nitrogen and oxygen atoms in total. The minimum absolute atomic E-state index is 0.257. The maximum absolute atomic E-state index is 13.6. The molecule has 4 aromatic rings. The maximum atomic E-state index is 13.6. The maximum Gasteiger partial charge on any atom is 0.259 e. The zero-order chi connectivity index (χ0) is 22.8. The second-order valence-corrected chi connectivity index (χ2v) is 7.80. The van der Waals surface area contributed by atoms with E-state index >= 15 is 0 Å². The largest absolute Gasteiger partial charge is 0.379 e. The molecule has 2 aromatic carbocycles. The molecule has 9 heteroatoms. The Balaban J connectivity index is 1.38. The minimum atomic E-state index is -0.702. The molecule has 0 bridgehead atoms. The van der Waals surface area contributed by atoms with Crippen molar-refractivity contribution in [2.45, 2.75) is 6.54 Å². The van der Waals surface area contributed by atoms with Crippen LogP contribution in [0.2, 0.25) is 0 Å². The number of amides is 1. The Kier molecular flexibility index (Phi) is 5.80. The number of aromatic nitrogens is 3. The highest BCUT2D eigenvalue weighted by molar-refractivity contribution is 6.11. The van der Waals surface area contributed by atoms with Gasteiger partial charge in [-0.05, 0) is 36.4 Å². The van der Waals surface area contributed by atoms with Crippen molar-refractivity contribution >= 4 is 22.8 Å². The molecule has 1 saturated heterocycles. The number of morpholine rings is 1. The molecule has 3 heterocycles. The molecule has 1 aliphatic heterocycles. The lowest BCUT2D eigenvalue weighted by Crippen LogP contribution is -2.35. The highest BCUT2D eigenvalue weighted by Crippen LogP contribution is 2.25. The lowest BCUT2D eigenvalue weighted by atomic mass is 10.1. The van der Waals surface area contributed by atoms with Crippen LogP contribution in [0.25, 0.3) is 22.4 Å². The number of rotatable bonds is 5. The van der Waals surface area contributed by atoms with Gasteiger partial charge in [0.25, 0.3) is 5.91 Å². The van der Waals surface area contributed by atoms with Gasteiger partial charge in [-0.1, -0.05) is 12.1 Å². The number of carbonyl (C=O) groups excluding carboxylic acids is 1. The standard InChI is InChI=1S/C24H21F2N5O2/c25-16-11-15(12-17(26)13-16)23-28-20-5-2-4-19(22(20)30-23)24(32)29-21-6-1-3-18(27-21)14-31-7-9-33-10-8-31/h1-6,11-13H,7-10,14H2,(H,28,30)(H,27,29,32). The fourth-order valence-corrected chi connectivity index (χ4v) is 3.85. The molecule has 0 unspecified atom stereocenters. The van der Waals surface area contributed by atoms with Gasteiger partial charge in [0.1, 0.15) is 28.8 Å². The van der Waals surface area contributed by atoms with E-state index in [4.69, 9.17) is 4.74 Å². The number of nitrogens with one attached hydrogen (secondary N) is 2. The summed E-state index contributed by atoms with van der Waals surface area (Å²) in [6.45, 7) is 3.77. The third-order valence-electron chi connectivity index (χ3n) is 5.43. The van der Waals surface area contributed by atoms with Crippen LogP contribution in [0.15, 0.2) is 54.6 Å². The molecule has 0 atom stereocenters. The average molecular weight is 449 g/mol. The number of hydrogen-bond acceptors (Lipinski definition) is 5. The predicted molar refractivity (Wildman–Crippen MR) is 120 cm³/mol. The Hall–Kier alpha value is -3.69. The number of nitrogens with zero attached hydrogens (tertiary/aromatic N) is 3. The van der Waals surface area contributed by atoms with Gasteiger partial charge in [0.15, 0.2) is 0 Å². The van der Waals surface area contributed by atoms with Crippen molar-refractivity contribution in [2.24, 2.45) is 0 Å².